The number of ether oxygens (including phenoxy) is 1. The van der Waals surface area contributed by atoms with Gasteiger partial charge in [0.25, 0.3) is 5.69 Å². The first kappa shape index (κ1) is 11.6. The van der Waals surface area contributed by atoms with Crippen LogP contribution in [0.4, 0.5) is 5.69 Å². The molecule has 1 unspecified atom stereocenters. The summed E-state index contributed by atoms with van der Waals surface area (Å²) < 4.78 is 5.73. The monoisotopic (exact) mass is 235 g/mol. The van der Waals surface area contributed by atoms with Gasteiger partial charge in [-0.15, -0.1) is 0 Å². The zero-order valence-electron chi connectivity index (χ0n) is 9.73. The van der Waals surface area contributed by atoms with Gasteiger partial charge in [-0.2, -0.15) is 0 Å². The first-order valence-electron chi connectivity index (χ1n) is 5.46. The number of nitro groups is 1. The van der Waals surface area contributed by atoms with E-state index < -0.39 is 10.5 Å². The largest absolute Gasteiger partial charge is 0.486 e. The highest BCUT2D eigenvalue weighted by Gasteiger charge is 2.35. The molecule has 1 aromatic rings. The molecule has 0 fully saturated rings. The number of carbonyl (C=O) groups excluding carboxylic acids is 1. The molecule has 1 atom stereocenters. The summed E-state index contributed by atoms with van der Waals surface area (Å²) >= 11 is 0. The second-order valence-corrected chi connectivity index (χ2v) is 4.44. The van der Waals surface area contributed by atoms with Crippen LogP contribution in [0.3, 0.4) is 0 Å². The van der Waals surface area contributed by atoms with Gasteiger partial charge in [0.2, 0.25) is 0 Å². The molecule has 0 saturated heterocycles. The van der Waals surface area contributed by atoms with Gasteiger partial charge in [0.1, 0.15) is 11.4 Å². The van der Waals surface area contributed by atoms with Crippen LogP contribution in [-0.2, 0) is 0 Å². The van der Waals surface area contributed by atoms with Gasteiger partial charge in [-0.25, -0.2) is 0 Å². The fourth-order valence-corrected chi connectivity index (χ4v) is 1.87. The molecule has 1 aromatic carbocycles. The lowest BCUT2D eigenvalue weighted by Crippen LogP contribution is -2.38. The molecule has 0 radical (unpaired) electrons. The summed E-state index contributed by atoms with van der Waals surface area (Å²) in [6, 6.07) is 4.14. The average Bonchev–Trinajstić information content (AvgIpc) is 2.28. The van der Waals surface area contributed by atoms with Crippen molar-refractivity contribution in [3.63, 3.8) is 0 Å². The van der Waals surface area contributed by atoms with Crippen molar-refractivity contribution in [1.82, 2.24) is 0 Å². The number of rotatable bonds is 2. The second-order valence-electron chi connectivity index (χ2n) is 4.44. The zero-order chi connectivity index (χ0) is 12.6. The normalized spacial score (nSPS) is 22.8. The fraction of sp³-hybridized carbons (Fsp3) is 0.417. The zero-order valence-corrected chi connectivity index (χ0v) is 9.73. The molecule has 17 heavy (non-hydrogen) atoms. The number of hydrogen-bond donors (Lipinski definition) is 0. The van der Waals surface area contributed by atoms with E-state index in [0.717, 1.165) is 6.42 Å². The highest BCUT2D eigenvalue weighted by atomic mass is 16.6. The minimum absolute atomic E-state index is 0.0826. The summed E-state index contributed by atoms with van der Waals surface area (Å²) in [6.45, 7) is 3.82. The van der Waals surface area contributed by atoms with Crippen molar-refractivity contribution in [2.75, 3.05) is 0 Å². The summed E-state index contributed by atoms with van der Waals surface area (Å²) in [7, 11) is 0. The van der Waals surface area contributed by atoms with Gasteiger partial charge >= 0.3 is 0 Å². The number of nitrogens with zero attached hydrogens (tertiary/aromatic N) is 1. The third-order valence-electron chi connectivity index (χ3n) is 3.11. The fourth-order valence-electron chi connectivity index (χ4n) is 1.87. The molecular formula is C12H13NO4. The smallest absolute Gasteiger partial charge is 0.270 e. The Labute approximate surface area is 98.5 Å². The minimum Gasteiger partial charge on any atom is -0.486 e. The van der Waals surface area contributed by atoms with Crippen LogP contribution >= 0.6 is 0 Å². The number of nitro benzene ring substituents is 1. The predicted octanol–water partition coefficient (Wildman–Crippen LogP) is 2.73. The van der Waals surface area contributed by atoms with Crippen molar-refractivity contribution in [3.05, 3.63) is 33.9 Å². The number of benzene rings is 1. The molecule has 90 valence electrons. The standard InChI is InChI=1S/C12H13NO4/c1-3-12(2)7-10(14)9-6-8(13(15)16)4-5-11(9)17-12/h4-6H,3,7H2,1-2H3. The molecule has 1 aliphatic rings. The third-order valence-corrected chi connectivity index (χ3v) is 3.11. The Bertz CT molecular complexity index is 497. The Morgan fingerprint density at radius 3 is 2.82 bits per heavy atom. The first-order valence-corrected chi connectivity index (χ1v) is 5.46. The van der Waals surface area contributed by atoms with Crippen molar-refractivity contribution in [2.24, 2.45) is 0 Å². The van der Waals surface area contributed by atoms with E-state index >= 15 is 0 Å². The predicted molar refractivity (Wildman–Crippen MR) is 61.4 cm³/mol. The van der Waals surface area contributed by atoms with Crippen LogP contribution < -0.4 is 4.74 Å². The lowest BCUT2D eigenvalue weighted by atomic mass is 9.89. The van der Waals surface area contributed by atoms with Gasteiger partial charge in [-0.1, -0.05) is 6.92 Å². The first-order chi connectivity index (χ1) is 7.95. The molecule has 1 heterocycles. The summed E-state index contributed by atoms with van der Waals surface area (Å²) in [5.74, 6) is 0.343. The Balaban J connectivity index is 2.45. The summed E-state index contributed by atoms with van der Waals surface area (Å²) in [4.78, 5) is 22.0. The van der Waals surface area contributed by atoms with E-state index in [9.17, 15) is 14.9 Å². The van der Waals surface area contributed by atoms with Gasteiger partial charge in [-0.05, 0) is 19.4 Å². The molecule has 0 aromatic heterocycles. The van der Waals surface area contributed by atoms with Crippen molar-refractivity contribution >= 4 is 11.5 Å². The summed E-state index contributed by atoms with van der Waals surface area (Å²) in [5, 5.41) is 10.6. The molecule has 0 spiro atoms. The van der Waals surface area contributed by atoms with Crippen LogP contribution in [0.25, 0.3) is 0 Å². The Hall–Kier alpha value is -1.91. The van der Waals surface area contributed by atoms with Crippen molar-refractivity contribution in [2.45, 2.75) is 32.3 Å². The van der Waals surface area contributed by atoms with E-state index in [2.05, 4.69) is 0 Å². The van der Waals surface area contributed by atoms with Gasteiger partial charge in [-0.3, -0.25) is 14.9 Å². The molecule has 0 N–H and O–H groups in total. The van der Waals surface area contributed by atoms with E-state index in [1.807, 2.05) is 13.8 Å². The number of hydrogen-bond acceptors (Lipinski definition) is 4. The highest BCUT2D eigenvalue weighted by Crippen LogP contribution is 2.36. The van der Waals surface area contributed by atoms with Gasteiger partial charge in [0, 0.05) is 12.1 Å². The topological polar surface area (TPSA) is 69.4 Å². The highest BCUT2D eigenvalue weighted by molar-refractivity contribution is 6.00. The van der Waals surface area contributed by atoms with Gasteiger partial charge < -0.3 is 4.74 Å². The molecule has 2 rings (SSSR count). The van der Waals surface area contributed by atoms with Crippen LogP contribution in [0.5, 0.6) is 5.75 Å². The quantitative estimate of drug-likeness (QED) is 0.583. The Morgan fingerprint density at radius 1 is 1.53 bits per heavy atom. The van der Waals surface area contributed by atoms with Crippen molar-refractivity contribution < 1.29 is 14.5 Å². The van der Waals surface area contributed by atoms with Crippen LogP contribution in [0.15, 0.2) is 18.2 Å². The molecular weight excluding hydrogens is 222 g/mol. The molecule has 5 heteroatoms. The van der Waals surface area contributed by atoms with Gasteiger partial charge in [0.05, 0.1) is 16.9 Å². The SMILES string of the molecule is CCC1(C)CC(=O)c2cc([N+](=O)[O-])ccc2O1. The average molecular weight is 235 g/mol. The van der Waals surface area contributed by atoms with E-state index in [0.29, 0.717) is 11.3 Å². The minimum atomic E-state index is -0.513. The van der Waals surface area contributed by atoms with Gasteiger partial charge in [0.15, 0.2) is 5.78 Å². The van der Waals surface area contributed by atoms with E-state index in [1.54, 1.807) is 0 Å². The maximum absolute atomic E-state index is 11.9. The van der Waals surface area contributed by atoms with Crippen LogP contribution in [0.1, 0.15) is 37.0 Å². The number of Topliss-reactive ketones (excluding diaryl/α,β-unsaturated/α-hetero) is 1. The third kappa shape index (κ3) is 2.00. The Kier molecular flexibility index (Phi) is 2.61. The van der Waals surface area contributed by atoms with Crippen LogP contribution in [0, 0.1) is 10.1 Å². The molecule has 0 aliphatic carbocycles. The summed E-state index contributed by atoms with van der Waals surface area (Å²) in [6.07, 6.45) is 0.979. The van der Waals surface area contributed by atoms with Crippen LogP contribution in [0.2, 0.25) is 0 Å². The molecule has 0 bridgehead atoms. The molecule has 1 aliphatic heterocycles. The van der Waals surface area contributed by atoms with Crippen molar-refractivity contribution in [3.8, 4) is 5.75 Å². The number of fused-ring (bicyclic) bond motifs is 1. The maximum Gasteiger partial charge on any atom is 0.270 e. The summed E-state index contributed by atoms with van der Waals surface area (Å²) in [5.41, 5.74) is -0.272. The Morgan fingerprint density at radius 2 is 2.24 bits per heavy atom. The van der Waals surface area contributed by atoms with E-state index in [4.69, 9.17) is 4.74 Å². The van der Waals surface area contributed by atoms with Crippen LogP contribution in [-0.4, -0.2) is 16.3 Å². The second kappa shape index (κ2) is 3.84. The van der Waals surface area contributed by atoms with E-state index in [-0.39, 0.29) is 17.9 Å². The molecule has 5 nitrogen and oxygen atoms in total. The number of ketones is 1. The number of carbonyl (C=O) groups is 1. The lowest BCUT2D eigenvalue weighted by molar-refractivity contribution is -0.384. The lowest BCUT2D eigenvalue weighted by Gasteiger charge is -2.33. The molecule has 0 saturated carbocycles. The number of non-ortho nitro benzene ring substituents is 1. The van der Waals surface area contributed by atoms with Crippen molar-refractivity contribution in [1.29, 1.82) is 0 Å². The van der Waals surface area contributed by atoms with E-state index in [1.165, 1.54) is 18.2 Å². The molecule has 0 amide bonds. The maximum atomic E-state index is 11.9.